The smallest absolute Gasteiger partial charge is 0.283 e. The van der Waals surface area contributed by atoms with E-state index in [2.05, 4.69) is 19.2 Å². The van der Waals surface area contributed by atoms with Gasteiger partial charge in [-0.25, -0.2) is 0 Å². The van der Waals surface area contributed by atoms with Gasteiger partial charge in [0.05, 0.1) is 15.7 Å². The minimum Gasteiger partial charge on any atom is -0.368 e. The van der Waals surface area contributed by atoms with Crippen LogP contribution in [0, 0.1) is 11.8 Å². The Labute approximate surface area is 193 Å². The first kappa shape index (κ1) is 22.5. The summed E-state index contributed by atoms with van der Waals surface area (Å²) in [4.78, 5) is 8.77. The molecule has 0 bridgehead atoms. The number of pyridine rings is 1. The first-order chi connectivity index (χ1) is 14.9. The second-order valence-corrected chi connectivity index (χ2v) is 10.6. The third-order valence-corrected chi connectivity index (χ3v) is 8.16. The number of aromatic nitrogens is 1. The van der Waals surface area contributed by atoms with E-state index in [0.717, 1.165) is 57.7 Å². The highest BCUT2D eigenvalue weighted by Gasteiger charge is 2.29. The molecular weight excluding hydrogens is 455 g/mol. The van der Waals surface area contributed by atoms with Crippen molar-refractivity contribution in [1.82, 2.24) is 9.88 Å². The molecule has 2 heterocycles. The lowest BCUT2D eigenvalue weighted by Gasteiger charge is -2.39. The first-order valence-corrected chi connectivity index (χ1v) is 12.7. The fraction of sp³-hybridized carbons (Fsp3) is 0.455. The van der Waals surface area contributed by atoms with Crippen LogP contribution in [-0.2, 0) is 10.0 Å². The molecule has 166 valence electrons. The van der Waals surface area contributed by atoms with Gasteiger partial charge in [-0.05, 0) is 61.9 Å². The second kappa shape index (κ2) is 9.86. The Bertz CT molecular complexity index is 1020. The molecule has 0 N–H and O–H groups in total. The summed E-state index contributed by atoms with van der Waals surface area (Å²) in [6.07, 6.45) is 7.63. The third-order valence-electron chi connectivity index (χ3n) is 6.11. The van der Waals surface area contributed by atoms with E-state index in [9.17, 15) is 8.42 Å². The maximum atomic E-state index is 12.2. The van der Waals surface area contributed by atoms with E-state index in [1.54, 1.807) is 18.5 Å². The first-order valence-electron chi connectivity index (χ1n) is 10.5. The number of anilines is 1. The van der Waals surface area contributed by atoms with Crippen LogP contribution < -0.4 is 4.90 Å². The van der Waals surface area contributed by atoms with E-state index in [4.69, 9.17) is 23.2 Å². The number of sulfonamides is 1. The van der Waals surface area contributed by atoms with E-state index in [-0.39, 0.29) is 10.8 Å². The largest absolute Gasteiger partial charge is 0.368 e. The molecule has 6 nitrogen and oxygen atoms in total. The summed E-state index contributed by atoms with van der Waals surface area (Å²) in [5, 5.41) is 1.23. The molecule has 1 aliphatic carbocycles. The molecule has 31 heavy (non-hydrogen) atoms. The molecular formula is C22H26Cl2N4O2S. The van der Waals surface area contributed by atoms with Crippen molar-refractivity contribution in [3.63, 3.8) is 0 Å². The summed E-state index contributed by atoms with van der Waals surface area (Å²) in [5.74, 6) is 0.885. The minimum absolute atomic E-state index is 0.139. The quantitative estimate of drug-likeness (QED) is 0.549. The van der Waals surface area contributed by atoms with Crippen molar-refractivity contribution in [2.24, 2.45) is 16.2 Å². The number of halogens is 2. The van der Waals surface area contributed by atoms with Crippen molar-refractivity contribution in [2.75, 3.05) is 37.6 Å². The van der Waals surface area contributed by atoms with Crippen LogP contribution in [0.15, 0.2) is 52.0 Å². The molecule has 0 amide bonds. The Balaban J connectivity index is 1.18. The fourth-order valence-electron chi connectivity index (χ4n) is 4.19. The molecule has 2 fully saturated rings. The van der Waals surface area contributed by atoms with Gasteiger partial charge in [-0.3, -0.25) is 9.88 Å². The zero-order chi connectivity index (χ0) is 21.8. The van der Waals surface area contributed by atoms with E-state index in [0.29, 0.717) is 16.0 Å². The summed E-state index contributed by atoms with van der Waals surface area (Å²) in [6, 6.07) is 8.89. The topological polar surface area (TPSA) is 65.9 Å². The van der Waals surface area contributed by atoms with Crippen molar-refractivity contribution in [2.45, 2.75) is 24.2 Å². The Morgan fingerprint density at radius 1 is 1.10 bits per heavy atom. The molecule has 0 spiro atoms. The van der Waals surface area contributed by atoms with Crippen LogP contribution in [0.5, 0.6) is 0 Å². The highest BCUT2D eigenvalue weighted by atomic mass is 35.5. The van der Waals surface area contributed by atoms with Crippen molar-refractivity contribution >= 4 is 45.1 Å². The number of piperazine rings is 1. The number of benzene rings is 1. The van der Waals surface area contributed by atoms with Crippen molar-refractivity contribution in [3.05, 3.63) is 52.8 Å². The van der Waals surface area contributed by atoms with E-state index in [1.165, 1.54) is 12.3 Å². The van der Waals surface area contributed by atoms with Gasteiger partial charge in [0.25, 0.3) is 10.0 Å². The summed E-state index contributed by atoms with van der Waals surface area (Å²) >= 11 is 12.5. The van der Waals surface area contributed by atoms with Crippen molar-refractivity contribution in [3.8, 4) is 0 Å². The van der Waals surface area contributed by atoms with Gasteiger partial charge in [-0.2, -0.15) is 12.8 Å². The predicted molar refractivity (Wildman–Crippen MR) is 126 cm³/mol. The number of hydrogen-bond donors (Lipinski definition) is 0. The predicted octanol–water partition coefficient (Wildman–Crippen LogP) is 4.39. The highest BCUT2D eigenvalue weighted by Crippen LogP contribution is 2.36. The zero-order valence-corrected chi connectivity index (χ0v) is 19.5. The SMILES string of the molecule is O=S(=O)(N=CC1CC(CCN2CCN(c3cccc(Cl)c3Cl)CC2)C1)c1cccnc1. The van der Waals surface area contributed by atoms with E-state index >= 15 is 0 Å². The maximum absolute atomic E-state index is 12.2. The van der Waals surface area contributed by atoms with Gasteiger partial charge in [-0.1, -0.05) is 29.3 Å². The third kappa shape index (κ3) is 5.58. The minimum atomic E-state index is -3.64. The summed E-state index contributed by atoms with van der Waals surface area (Å²) in [5.41, 5.74) is 1.01. The lowest BCUT2D eigenvalue weighted by molar-refractivity contribution is 0.186. The van der Waals surface area contributed by atoms with Gasteiger partial charge in [0, 0.05) is 44.8 Å². The average molecular weight is 481 g/mol. The molecule has 2 aliphatic rings. The Hall–Kier alpha value is -1.67. The van der Waals surface area contributed by atoms with Crippen molar-refractivity contribution < 1.29 is 8.42 Å². The van der Waals surface area contributed by atoms with Gasteiger partial charge < -0.3 is 4.90 Å². The highest BCUT2D eigenvalue weighted by molar-refractivity contribution is 7.90. The number of nitrogens with zero attached hydrogens (tertiary/aromatic N) is 4. The van der Waals surface area contributed by atoms with Crippen LogP contribution in [0.25, 0.3) is 0 Å². The molecule has 1 aliphatic heterocycles. The Kier molecular flexibility index (Phi) is 7.16. The average Bonchev–Trinajstić information content (AvgIpc) is 2.75. The van der Waals surface area contributed by atoms with Crippen molar-refractivity contribution in [1.29, 1.82) is 0 Å². The van der Waals surface area contributed by atoms with Gasteiger partial charge in [0.15, 0.2) is 0 Å². The molecule has 0 atom stereocenters. The second-order valence-electron chi connectivity index (χ2n) is 8.21. The molecule has 1 aromatic carbocycles. The van der Waals surface area contributed by atoms with Crippen LogP contribution in [-0.4, -0.2) is 57.2 Å². The fourth-order valence-corrected chi connectivity index (χ4v) is 5.50. The summed E-state index contributed by atoms with van der Waals surface area (Å²) in [6.45, 7) is 4.95. The van der Waals surface area contributed by atoms with Crippen LogP contribution in [0.3, 0.4) is 0 Å². The normalized spacial score (nSPS) is 22.6. The Morgan fingerprint density at radius 2 is 1.87 bits per heavy atom. The van der Waals surface area contributed by atoms with Crippen LogP contribution in [0.4, 0.5) is 5.69 Å². The molecule has 0 unspecified atom stereocenters. The lowest BCUT2D eigenvalue weighted by Crippen LogP contribution is -2.47. The molecule has 0 radical (unpaired) electrons. The zero-order valence-electron chi connectivity index (χ0n) is 17.2. The van der Waals surface area contributed by atoms with Gasteiger partial charge >= 0.3 is 0 Å². The lowest BCUT2D eigenvalue weighted by atomic mass is 9.74. The van der Waals surface area contributed by atoms with Gasteiger partial charge in [0.2, 0.25) is 0 Å². The van der Waals surface area contributed by atoms with E-state index < -0.39 is 10.0 Å². The standard InChI is InChI=1S/C22H26Cl2N4O2S/c23-20-4-1-5-21(22(20)24)28-11-9-27(10-12-28)8-6-17-13-18(14-17)15-26-31(29,30)19-3-2-7-25-16-19/h1-5,7,15-18H,6,8-14H2. The van der Waals surface area contributed by atoms with Gasteiger partial charge in [-0.15, -0.1) is 0 Å². The molecule has 4 rings (SSSR count). The Morgan fingerprint density at radius 3 is 2.58 bits per heavy atom. The molecule has 1 saturated carbocycles. The van der Waals surface area contributed by atoms with Crippen LogP contribution >= 0.6 is 23.2 Å². The number of hydrogen-bond acceptors (Lipinski definition) is 5. The van der Waals surface area contributed by atoms with Gasteiger partial charge in [0.1, 0.15) is 4.90 Å². The summed E-state index contributed by atoms with van der Waals surface area (Å²) in [7, 11) is -3.64. The maximum Gasteiger partial charge on any atom is 0.283 e. The molecule has 1 saturated heterocycles. The van der Waals surface area contributed by atoms with E-state index in [1.807, 2.05) is 18.2 Å². The van der Waals surface area contributed by atoms with Crippen LogP contribution in [0.2, 0.25) is 10.0 Å². The summed E-state index contributed by atoms with van der Waals surface area (Å²) < 4.78 is 28.2. The number of rotatable bonds is 7. The molecule has 1 aromatic heterocycles. The molecule has 2 aromatic rings. The molecule has 9 heteroatoms. The monoisotopic (exact) mass is 480 g/mol. The van der Waals surface area contributed by atoms with Crippen LogP contribution in [0.1, 0.15) is 19.3 Å².